The molecular formula is C13H17NO5S. The third-order valence-electron chi connectivity index (χ3n) is 3.15. The summed E-state index contributed by atoms with van der Waals surface area (Å²) in [5.41, 5.74) is 0.643. The van der Waals surface area contributed by atoms with Gasteiger partial charge in [0.05, 0.1) is 5.75 Å². The maximum absolute atomic E-state index is 11.8. The summed E-state index contributed by atoms with van der Waals surface area (Å²) in [6.45, 7) is 0. The van der Waals surface area contributed by atoms with Gasteiger partial charge in [-0.2, -0.15) is 0 Å². The molecule has 1 fully saturated rings. The largest absolute Gasteiger partial charge is 0.508 e. The average Bonchev–Trinajstić information content (AvgIpc) is 3.14. The van der Waals surface area contributed by atoms with Gasteiger partial charge in [0.1, 0.15) is 11.8 Å². The van der Waals surface area contributed by atoms with E-state index < -0.39 is 22.0 Å². The molecule has 1 aliphatic carbocycles. The van der Waals surface area contributed by atoms with Crippen LogP contribution in [0.2, 0.25) is 0 Å². The SMILES string of the molecule is O=C(O)C(Cc1ccc(O)cc1)NS(=O)(=O)CC1CC1. The zero-order valence-corrected chi connectivity index (χ0v) is 11.6. The molecule has 1 atom stereocenters. The number of phenols is 1. The van der Waals surface area contributed by atoms with Crippen molar-refractivity contribution < 1.29 is 23.4 Å². The molecule has 0 radical (unpaired) electrons. The Morgan fingerprint density at radius 3 is 2.40 bits per heavy atom. The van der Waals surface area contributed by atoms with Crippen molar-refractivity contribution in [2.45, 2.75) is 25.3 Å². The Morgan fingerprint density at radius 1 is 1.30 bits per heavy atom. The molecule has 6 nitrogen and oxygen atoms in total. The molecule has 7 heteroatoms. The van der Waals surface area contributed by atoms with E-state index in [1.165, 1.54) is 12.1 Å². The molecule has 20 heavy (non-hydrogen) atoms. The number of phenolic OH excluding ortho intramolecular Hbond substituents is 1. The topological polar surface area (TPSA) is 104 Å². The smallest absolute Gasteiger partial charge is 0.322 e. The average molecular weight is 299 g/mol. The standard InChI is InChI=1S/C13H17NO5S/c15-11-5-3-9(4-6-11)7-12(13(16)17)14-20(18,19)8-10-1-2-10/h3-6,10,12,14-15H,1-2,7-8H2,(H,16,17). The summed E-state index contributed by atoms with van der Waals surface area (Å²) in [5.74, 6) is -0.977. The summed E-state index contributed by atoms with van der Waals surface area (Å²) in [7, 11) is -3.57. The van der Waals surface area contributed by atoms with E-state index in [4.69, 9.17) is 10.2 Å². The van der Waals surface area contributed by atoms with Gasteiger partial charge in [-0.1, -0.05) is 12.1 Å². The molecule has 0 aliphatic heterocycles. The molecule has 0 bridgehead atoms. The van der Waals surface area contributed by atoms with E-state index in [0.29, 0.717) is 5.56 Å². The lowest BCUT2D eigenvalue weighted by Crippen LogP contribution is -2.43. The molecule has 1 unspecified atom stereocenters. The Morgan fingerprint density at radius 2 is 1.90 bits per heavy atom. The van der Waals surface area contributed by atoms with Crippen LogP contribution >= 0.6 is 0 Å². The minimum absolute atomic E-state index is 0.00758. The van der Waals surface area contributed by atoms with Gasteiger partial charge in [-0.3, -0.25) is 4.79 Å². The summed E-state index contributed by atoms with van der Waals surface area (Å²) in [6.07, 6.45) is 1.81. The lowest BCUT2D eigenvalue weighted by molar-refractivity contribution is -0.138. The molecule has 1 aromatic rings. The van der Waals surface area contributed by atoms with Gasteiger partial charge < -0.3 is 10.2 Å². The maximum atomic E-state index is 11.8. The second-order valence-electron chi connectivity index (χ2n) is 5.10. The number of nitrogens with one attached hydrogen (secondary N) is 1. The summed E-state index contributed by atoms with van der Waals surface area (Å²) < 4.78 is 25.9. The van der Waals surface area contributed by atoms with Crippen LogP contribution in [0.15, 0.2) is 24.3 Å². The fourth-order valence-corrected chi connectivity index (χ4v) is 3.57. The van der Waals surface area contributed by atoms with E-state index in [1.54, 1.807) is 12.1 Å². The zero-order chi connectivity index (χ0) is 14.8. The molecule has 110 valence electrons. The molecule has 0 saturated heterocycles. The first-order valence-corrected chi connectivity index (χ1v) is 8.01. The first-order chi connectivity index (χ1) is 9.35. The van der Waals surface area contributed by atoms with Crippen molar-refractivity contribution in [1.82, 2.24) is 4.72 Å². The third-order valence-corrected chi connectivity index (χ3v) is 4.70. The first-order valence-electron chi connectivity index (χ1n) is 6.36. The van der Waals surface area contributed by atoms with Crippen molar-refractivity contribution >= 4 is 16.0 Å². The van der Waals surface area contributed by atoms with Crippen molar-refractivity contribution in [3.8, 4) is 5.75 Å². The third kappa shape index (κ3) is 4.50. The number of carboxylic acid groups (broad SMARTS) is 1. The molecule has 2 rings (SSSR count). The molecule has 0 heterocycles. The first kappa shape index (κ1) is 14.8. The number of aromatic hydroxyl groups is 1. The van der Waals surface area contributed by atoms with Crippen LogP contribution in [0.4, 0.5) is 0 Å². The predicted octanol–water partition coefficient (Wildman–Crippen LogP) is 0.717. The lowest BCUT2D eigenvalue weighted by atomic mass is 10.1. The van der Waals surface area contributed by atoms with Gasteiger partial charge in [0, 0.05) is 0 Å². The Bertz CT molecular complexity index is 577. The molecule has 0 aromatic heterocycles. The molecule has 3 N–H and O–H groups in total. The maximum Gasteiger partial charge on any atom is 0.322 e. The Balaban J connectivity index is 2.03. The fourth-order valence-electron chi connectivity index (χ4n) is 1.91. The van der Waals surface area contributed by atoms with Crippen molar-refractivity contribution in [3.63, 3.8) is 0 Å². The van der Waals surface area contributed by atoms with E-state index in [9.17, 15) is 13.2 Å². The molecule has 1 aromatic carbocycles. The van der Waals surface area contributed by atoms with Crippen LogP contribution in [-0.4, -0.2) is 36.4 Å². The van der Waals surface area contributed by atoms with Crippen molar-refractivity contribution in [2.24, 2.45) is 5.92 Å². The van der Waals surface area contributed by atoms with Crippen LogP contribution in [0.5, 0.6) is 5.75 Å². The second kappa shape index (κ2) is 5.80. The van der Waals surface area contributed by atoms with E-state index in [2.05, 4.69) is 4.72 Å². The minimum atomic E-state index is -3.57. The van der Waals surface area contributed by atoms with Crippen LogP contribution in [-0.2, 0) is 21.2 Å². The monoisotopic (exact) mass is 299 g/mol. The number of carboxylic acids is 1. The van der Waals surface area contributed by atoms with E-state index in [1.807, 2.05) is 0 Å². The highest BCUT2D eigenvalue weighted by Gasteiger charge is 2.31. The van der Waals surface area contributed by atoms with Gasteiger partial charge >= 0.3 is 5.97 Å². The molecule has 0 spiro atoms. The Hall–Kier alpha value is -1.60. The van der Waals surface area contributed by atoms with Gasteiger partial charge in [0.15, 0.2) is 0 Å². The van der Waals surface area contributed by atoms with Crippen LogP contribution in [0, 0.1) is 5.92 Å². The highest BCUT2D eigenvalue weighted by Crippen LogP contribution is 2.30. The van der Waals surface area contributed by atoms with Crippen molar-refractivity contribution in [3.05, 3.63) is 29.8 Å². The van der Waals surface area contributed by atoms with Gasteiger partial charge in [-0.25, -0.2) is 13.1 Å². The van der Waals surface area contributed by atoms with Crippen LogP contribution in [0.3, 0.4) is 0 Å². The number of hydrogen-bond donors (Lipinski definition) is 3. The number of carbonyl (C=O) groups is 1. The zero-order valence-electron chi connectivity index (χ0n) is 10.8. The van der Waals surface area contributed by atoms with Gasteiger partial charge in [-0.05, 0) is 42.9 Å². The summed E-state index contributed by atoms with van der Waals surface area (Å²) >= 11 is 0. The van der Waals surface area contributed by atoms with Crippen molar-refractivity contribution in [2.75, 3.05) is 5.75 Å². The number of sulfonamides is 1. The highest BCUT2D eigenvalue weighted by molar-refractivity contribution is 7.89. The lowest BCUT2D eigenvalue weighted by Gasteiger charge is -2.14. The number of aliphatic carboxylic acids is 1. The van der Waals surface area contributed by atoms with Gasteiger partial charge in [0.25, 0.3) is 0 Å². The molecule has 1 saturated carbocycles. The highest BCUT2D eigenvalue weighted by atomic mass is 32.2. The number of hydrogen-bond acceptors (Lipinski definition) is 4. The molecule has 0 amide bonds. The van der Waals surface area contributed by atoms with E-state index in [-0.39, 0.29) is 23.8 Å². The normalized spacial score (nSPS) is 16.8. The fraction of sp³-hybridized carbons (Fsp3) is 0.462. The van der Waals surface area contributed by atoms with Crippen LogP contribution < -0.4 is 4.72 Å². The predicted molar refractivity (Wildman–Crippen MR) is 72.9 cm³/mol. The van der Waals surface area contributed by atoms with Gasteiger partial charge in [0.2, 0.25) is 10.0 Å². The summed E-state index contributed by atoms with van der Waals surface area (Å²) in [6, 6.07) is 4.82. The molecular weight excluding hydrogens is 282 g/mol. The van der Waals surface area contributed by atoms with E-state index >= 15 is 0 Å². The van der Waals surface area contributed by atoms with Gasteiger partial charge in [-0.15, -0.1) is 0 Å². The van der Waals surface area contributed by atoms with E-state index in [0.717, 1.165) is 12.8 Å². The molecule has 1 aliphatic rings. The van der Waals surface area contributed by atoms with Crippen molar-refractivity contribution in [1.29, 1.82) is 0 Å². The number of rotatable bonds is 7. The second-order valence-corrected chi connectivity index (χ2v) is 6.90. The Kier molecular flexibility index (Phi) is 4.29. The number of benzene rings is 1. The Labute approximate surface area is 117 Å². The van der Waals surface area contributed by atoms with Crippen LogP contribution in [0.1, 0.15) is 18.4 Å². The summed E-state index contributed by atoms with van der Waals surface area (Å²) in [4.78, 5) is 11.2. The minimum Gasteiger partial charge on any atom is -0.508 e. The van der Waals surface area contributed by atoms with Crippen LogP contribution in [0.25, 0.3) is 0 Å². The summed E-state index contributed by atoms with van der Waals surface area (Å²) in [5, 5.41) is 18.3. The quantitative estimate of drug-likeness (QED) is 0.688.